The van der Waals surface area contributed by atoms with Crippen LogP contribution in [0.15, 0.2) is 24.8 Å². The maximum Gasteiger partial charge on any atom is 0.337 e. The SMILES string of the molecule is C=CCC(=O)Nc1c(C)cc(C)cc1C(=O)O. The Bertz CT molecular complexity index is 478. The highest BCUT2D eigenvalue weighted by molar-refractivity contribution is 6.01. The second kappa shape index (κ2) is 5.30. The van der Waals surface area contributed by atoms with Crippen LogP contribution in [0.1, 0.15) is 27.9 Å². The van der Waals surface area contributed by atoms with Gasteiger partial charge in [0.1, 0.15) is 0 Å². The van der Waals surface area contributed by atoms with E-state index in [1.807, 2.05) is 13.0 Å². The standard InChI is InChI=1S/C13H15NO3/c1-4-5-11(15)14-12-9(3)6-8(2)7-10(12)13(16)17/h4,6-7H,1,5H2,2-3H3,(H,14,15)(H,16,17). The van der Waals surface area contributed by atoms with Gasteiger partial charge >= 0.3 is 5.97 Å². The van der Waals surface area contributed by atoms with E-state index >= 15 is 0 Å². The van der Waals surface area contributed by atoms with Gasteiger partial charge in [-0.2, -0.15) is 0 Å². The number of hydrogen-bond donors (Lipinski definition) is 2. The maximum atomic E-state index is 11.4. The van der Waals surface area contributed by atoms with Crippen molar-refractivity contribution in [1.29, 1.82) is 0 Å². The van der Waals surface area contributed by atoms with Gasteiger partial charge in [-0.3, -0.25) is 4.79 Å². The van der Waals surface area contributed by atoms with Gasteiger partial charge in [0, 0.05) is 6.42 Å². The lowest BCUT2D eigenvalue weighted by atomic mass is 10.0. The summed E-state index contributed by atoms with van der Waals surface area (Å²) in [6, 6.07) is 3.37. The van der Waals surface area contributed by atoms with Crippen LogP contribution in [0.25, 0.3) is 0 Å². The smallest absolute Gasteiger partial charge is 0.337 e. The van der Waals surface area contributed by atoms with E-state index in [2.05, 4.69) is 11.9 Å². The summed E-state index contributed by atoms with van der Waals surface area (Å²) in [4.78, 5) is 22.5. The van der Waals surface area contributed by atoms with Crippen LogP contribution in [0.4, 0.5) is 5.69 Å². The van der Waals surface area contributed by atoms with Crippen LogP contribution in [0.2, 0.25) is 0 Å². The summed E-state index contributed by atoms with van der Waals surface area (Å²) in [5.41, 5.74) is 2.05. The maximum absolute atomic E-state index is 11.4. The Kier molecular flexibility index (Phi) is 4.04. The number of aryl methyl sites for hydroxylation is 2. The summed E-state index contributed by atoms with van der Waals surface area (Å²) in [6.45, 7) is 7.04. The molecule has 0 atom stereocenters. The monoisotopic (exact) mass is 233 g/mol. The number of amides is 1. The van der Waals surface area contributed by atoms with Crippen LogP contribution in [-0.2, 0) is 4.79 Å². The molecule has 0 saturated heterocycles. The predicted molar refractivity (Wildman–Crippen MR) is 66.3 cm³/mol. The van der Waals surface area contributed by atoms with Crippen molar-refractivity contribution in [3.05, 3.63) is 41.5 Å². The number of rotatable bonds is 4. The Morgan fingerprint density at radius 2 is 2.06 bits per heavy atom. The number of carboxylic acids is 1. The van der Waals surface area contributed by atoms with E-state index in [-0.39, 0.29) is 17.9 Å². The van der Waals surface area contributed by atoms with Crippen molar-refractivity contribution in [2.24, 2.45) is 0 Å². The third kappa shape index (κ3) is 3.17. The van der Waals surface area contributed by atoms with Crippen molar-refractivity contribution >= 4 is 17.6 Å². The number of nitrogens with one attached hydrogen (secondary N) is 1. The van der Waals surface area contributed by atoms with E-state index in [0.29, 0.717) is 5.69 Å². The van der Waals surface area contributed by atoms with Crippen LogP contribution < -0.4 is 5.32 Å². The molecular formula is C13H15NO3. The Labute approximate surface area is 100.0 Å². The van der Waals surface area contributed by atoms with E-state index in [9.17, 15) is 9.59 Å². The molecule has 0 unspecified atom stereocenters. The second-order valence-electron chi connectivity index (χ2n) is 3.85. The fraction of sp³-hybridized carbons (Fsp3) is 0.231. The average molecular weight is 233 g/mol. The van der Waals surface area contributed by atoms with Crippen LogP contribution in [-0.4, -0.2) is 17.0 Å². The normalized spacial score (nSPS) is 9.76. The quantitative estimate of drug-likeness (QED) is 0.785. The number of carboxylic acid groups (broad SMARTS) is 1. The molecule has 0 radical (unpaired) electrons. The fourth-order valence-electron chi connectivity index (χ4n) is 1.62. The molecule has 1 rings (SSSR count). The van der Waals surface area contributed by atoms with Gasteiger partial charge in [-0.05, 0) is 31.0 Å². The van der Waals surface area contributed by atoms with Gasteiger partial charge in [0.05, 0.1) is 11.3 Å². The molecule has 0 bridgehead atoms. The van der Waals surface area contributed by atoms with E-state index in [0.717, 1.165) is 11.1 Å². The lowest BCUT2D eigenvalue weighted by Crippen LogP contribution is -2.15. The van der Waals surface area contributed by atoms with E-state index < -0.39 is 5.97 Å². The first kappa shape index (κ1) is 13.0. The molecule has 17 heavy (non-hydrogen) atoms. The molecule has 0 aromatic heterocycles. The zero-order chi connectivity index (χ0) is 13.0. The third-order valence-corrected chi connectivity index (χ3v) is 2.30. The molecule has 0 fully saturated rings. The number of carbonyl (C=O) groups is 2. The molecule has 0 aliphatic heterocycles. The average Bonchev–Trinajstić information content (AvgIpc) is 2.21. The highest BCUT2D eigenvalue weighted by Crippen LogP contribution is 2.23. The Morgan fingerprint density at radius 3 is 2.59 bits per heavy atom. The number of hydrogen-bond acceptors (Lipinski definition) is 2. The molecule has 2 N–H and O–H groups in total. The summed E-state index contributed by atoms with van der Waals surface area (Å²) < 4.78 is 0. The van der Waals surface area contributed by atoms with Gasteiger partial charge in [-0.1, -0.05) is 12.1 Å². The molecule has 0 saturated carbocycles. The van der Waals surface area contributed by atoms with Crippen LogP contribution in [0.3, 0.4) is 0 Å². The molecule has 0 aliphatic carbocycles. The molecule has 4 nitrogen and oxygen atoms in total. The minimum atomic E-state index is -1.05. The van der Waals surface area contributed by atoms with Crippen LogP contribution in [0, 0.1) is 13.8 Å². The molecule has 0 spiro atoms. The molecule has 0 heterocycles. The number of carbonyl (C=O) groups excluding carboxylic acids is 1. The van der Waals surface area contributed by atoms with Gasteiger partial charge in [0.2, 0.25) is 5.91 Å². The predicted octanol–water partition coefficient (Wildman–Crippen LogP) is 2.52. The first-order valence-corrected chi connectivity index (χ1v) is 5.21. The third-order valence-electron chi connectivity index (χ3n) is 2.30. The van der Waals surface area contributed by atoms with Crippen LogP contribution >= 0.6 is 0 Å². The highest BCUT2D eigenvalue weighted by Gasteiger charge is 2.14. The van der Waals surface area contributed by atoms with Crippen LogP contribution in [0.5, 0.6) is 0 Å². The van der Waals surface area contributed by atoms with Crippen molar-refractivity contribution in [2.45, 2.75) is 20.3 Å². The van der Waals surface area contributed by atoms with Crippen molar-refractivity contribution in [3.63, 3.8) is 0 Å². The largest absolute Gasteiger partial charge is 0.478 e. The molecule has 4 heteroatoms. The molecular weight excluding hydrogens is 218 g/mol. The van der Waals surface area contributed by atoms with Gasteiger partial charge in [-0.25, -0.2) is 4.79 Å². The van der Waals surface area contributed by atoms with Gasteiger partial charge in [0.25, 0.3) is 0 Å². The molecule has 1 amide bonds. The Hall–Kier alpha value is -2.10. The van der Waals surface area contributed by atoms with Crippen molar-refractivity contribution < 1.29 is 14.7 Å². The highest BCUT2D eigenvalue weighted by atomic mass is 16.4. The molecule has 90 valence electrons. The summed E-state index contributed by atoms with van der Waals surface area (Å²) in [7, 11) is 0. The first-order valence-electron chi connectivity index (χ1n) is 5.21. The summed E-state index contributed by atoms with van der Waals surface area (Å²) in [5.74, 6) is -1.32. The molecule has 0 aliphatic rings. The number of aromatic carboxylic acids is 1. The molecule has 1 aromatic carbocycles. The van der Waals surface area contributed by atoms with Crippen molar-refractivity contribution in [3.8, 4) is 0 Å². The van der Waals surface area contributed by atoms with E-state index in [1.165, 1.54) is 6.08 Å². The lowest BCUT2D eigenvalue weighted by Gasteiger charge is -2.12. The van der Waals surface area contributed by atoms with Crippen molar-refractivity contribution in [2.75, 3.05) is 5.32 Å². The zero-order valence-electron chi connectivity index (χ0n) is 9.91. The summed E-state index contributed by atoms with van der Waals surface area (Å²) in [5, 5.41) is 11.7. The summed E-state index contributed by atoms with van der Waals surface area (Å²) >= 11 is 0. The minimum Gasteiger partial charge on any atom is -0.478 e. The minimum absolute atomic E-state index is 0.111. The number of anilines is 1. The van der Waals surface area contributed by atoms with Crippen molar-refractivity contribution in [1.82, 2.24) is 0 Å². The Morgan fingerprint density at radius 1 is 1.41 bits per heavy atom. The topological polar surface area (TPSA) is 66.4 Å². The lowest BCUT2D eigenvalue weighted by molar-refractivity contribution is -0.115. The second-order valence-corrected chi connectivity index (χ2v) is 3.85. The molecule has 1 aromatic rings. The van der Waals surface area contributed by atoms with E-state index in [4.69, 9.17) is 5.11 Å². The van der Waals surface area contributed by atoms with Gasteiger partial charge in [-0.15, -0.1) is 6.58 Å². The fourth-order valence-corrected chi connectivity index (χ4v) is 1.62. The zero-order valence-corrected chi connectivity index (χ0v) is 9.91. The Balaban J connectivity index is 3.17. The van der Waals surface area contributed by atoms with Gasteiger partial charge < -0.3 is 10.4 Å². The van der Waals surface area contributed by atoms with E-state index in [1.54, 1.807) is 13.0 Å². The van der Waals surface area contributed by atoms with Gasteiger partial charge in [0.15, 0.2) is 0 Å². The first-order chi connectivity index (χ1) is 7.95. The number of benzene rings is 1. The summed E-state index contributed by atoms with van der Waals surface area (Å²) in [6.07, 6.45) is 1.63.